The van der Waals surface area contributed by atoms with E-state index in [0.29, 0.717) is 18.8 Å². The van der Waals surface area contributed by atoms with Crippen molar-refractivity contribution >= 4 is 5.82 Å². The van der Waals surface area contributed by atoms with Gasteiger partial charge in [0.15, 0.2) is 11.6 Å². The van der Waals surface area contributed by atoms with Crippen LogP contribution in [0.3, 0.4) is 0 Å². The Hall–Kier alpha value is -2.23. The summed E-state index contributed by atoms with van der Waals surface area (Å²) in [6.45, 7) is 2.95. The summed E-state index contributed by atoms with van der Waals surface area (Å²) in [5.74, 6) is -5.67. The molecule has 0 saturated carbocycles. The summed E-state index contributed by atoms with van der Waals surface area (Å²) in [4.78, 5) is 4.35. The normalized spacial score (nSPS) is 19.4. The highest BCUT2D eigenvalue weighted by Crippen LogP contribution is 2.30. The van der Waals surface area contributed by atoms with Crippen molar-refractivity contribution < 1.29 is 22.3 Å². The SMILES string of the molecule is Cc1cc(N)nc(C[C@@H]2CNC[C@@H]2OCCNCC(F)(F)c2cccc(F)c2F)c1. The predicted molar refractivity (Wildman–Crippen MR) is 106 cm³/mol. The molecule has 0 bridgehead atoms. The van der Waals surface area contributed by atoms with Gasteiger partial charge in [0, 0.05) is 31.2 Å². The standard InChI is InChI=1S/C21H26F4N4O/c1-13-7-15(29-19(26)8-13)9-14-10-28-11-18(14)30-6-5-27-12-21(24,25)16-3-2-4-17(22)20(16)23/h2-4,7-8,14,18,27-28H,5-6,9-12H2,1H3,(H2,26,29)/t14-,18+/m1/s1. The average molecular weight is 426 g/mol. The van der Waals surface area contributed by atoms with Crippen LogP contribution in [0.2, 0.25) is 0 Å². The van der Waals surface area contributed by atoms with Crippen LogP contribution in [0.25, 0.3) is 0 Å². The van der Waals surface area contributed by atoms with E-state index < -0.39 is 29.7 Å². The Morgan fingerprint density at radius 3 is 2.83 bits per heavy atom. The maximum atomic E-state index is 14.2. The highest BCUT2D eigenvalue weighted by molar-refractivity contribution is 5.34. The summed E-state index contributed by atoms with van der Waals surface area (Å²) < 4.78 is 61.0. The molecule has 2 aromatic rings. The average Bonchev–Trinajstić information content (AvgIpc) is 3.09. The van der Waals surface area contributed by atoms with Gasteiger partial charge in [0.25, 0.3) is 5.92 Å². The topological polar surface area (TPSA) is 72.2 Å². The molecule has 0 radical (unpaired) electrons. The molecule has 0 spiro atoms. The van der Waals surface area contributed by atoms with Gasteiger partial charge in [-0.15, -0.1) is 0 Å². The van der Waals surface area contributed by atoms with Crippen molar-refractivity contribution in [2.75, 3.05) is 38.5 Å². The van der Waals surface area contributed by atoms with Crippen LogP contribution in [0.4, 0.5) is 23.4 Å². The van der Waals surface area contributed by atoms with Crippen molar-refractivity contribution in [2.45, 2.75) is 25.4 Å². The number of hydrogen-bond acceptors (Lipinski definition) is 5. The zero-order valence-electron chi connectivity index (χ0n) is 16.7. The molecule has 5 nitrogen and oxygen atoms in total. The summed E-state index contributed by atoms with van der Waals surface area (Å²) in [6, 6.07) is 6.55. The minimum Gasteiger partial charge on any atom is -0.384 e. The summed E-state index contributed by atoms with van der Waals surface area (Å²) in [5.41, 5.74) is 6.78. The third kappa shape index (κ3) is 5.68. The third-order valence-electron chi connectivity index (χ3n) is 5.10. The first-order valence-corrected chi connectivity index (χ1v) is 9.84. The zero-order valence-corrected chi connectivity index (χ0v) is 16.7. The Balaban J connectivity index is 1.45. The molecular weight excluding hydrogens is 400 g/mol. The highest BCUT2D eigenvalue weighted by atomic mass is 19.3. The van der Waals surface area contributed by atoms with Crippen molar-refractivity contribution in [3.63, 3.8) is 0 Å². The van der Waals surface area contributed by atoms with Gasteiger partial charge in [-0.05, 0) is 43.2 Å². The fourth-order valence-electron chi connectivity index (χ4n) is 3.66. The number of aryl methyl sites for hydroxylation is 1. The molecule has 0 amide bonds. The lowest BCUT2D eigenvalue weighted by Crippen LogP contribution is -2.35. The minimum atomic E-state index is -3.53. The van der Waals surface area contributed by atoms with Crippen LogP contribution in [-0.2, 0) is 17.1 Å². The Morgan fingerprint density at radius 2 is 2.07 bits per heavy atom. The lowest BCUT2D eigenvalue weighted by molar-refractivity contribution is -0.0115. The molecule has 4 N–H and O–H groups in total. The monoisotopic (exact) mass is 426 g/mol. The van der Waals surface area contributed by atoms with Gasteiger partial charge in [-0.25, -0.2) is 13.8 Å². The minimum absolute atomic E-state index is 0.0727. The molecule has 1 saturated heterocycles. The third-order valence-corrected chi connectivity index (χ3v) is 5.10. The number of nitrogens with zero attached hydrogens (tertiary/aromatic N) is 1. The molecule has 1 aliphatic rings. The Morgan fingerprint density at radius 1 is 1.27 bits per heavy atom. The molecule has 2 heterocycles. The lowest BCUT2D eigenvalue weighted by atomic mass is 9.99. The van der Waals surface area contributed by atoms with Crippen LogP contribution in [-0.4, -0.2) is 43.9 Å². The second-order valence-electron chi connectivity index (χ2n) is 7.57. The Labute approximate surface area is 173 Å². The maximum absolute atomic E-state index is 14.2. The molecule has 30 heavy (non-hydrogen) atoms. The number of aromatic nitrogens is 1. The molecule has 164 valence electrons. The van der Waals surface area contributed by atoms with Crippen LogP contribution >= 0.6 is 0 Å². The fourth-order valence-corrected chi connectivity index (χ4v) is 3.66. The quantitative estimate of drug-likeness (QED) is 0.425. The van der Waals surface area contributed by atoms with Gasteiger partial charge in [-0.2, -0.15) is 8.78 Å². The van der Waals surface area contributed by atoms with Gasteiger partial charge < -0.3 is 21.1 Å². The van der Waals surface area contributed by atoms with Crippen molar-refractivity contribution in [2.24, 2.45) is 5.92 Å². The van der Waals surface area contributed by atoms with Crippen LogP contribution in [0, 0.1) is 24.5 Å². The number of halogens is 4. The van der Waals surface area contributed by atoms with Crippen LogP contribution in [0.5, 0.6) is 0 Å². The number of anilines is 1. The molecular formula is C21H26F4N4O. The zero-order chi connectivity index (χ0) is 21.7. The highest BCUT2D eigenvalue weighted by Gasteiger charge is 2.35. The first-order valence-electron chi connectivity index (χ1n) is 9.84. The molecule has 1 aromatic heterocycles. The van der Waals surface area contributed by atoms with Crippen molar-refractivity contribution in [1.82, 2.24) is 15.6 Å². The van der Waals surface area contributed by atoms with E-state index in [9.17, 15) is 17.6 Å². The van der Waals surface area contributed by atoms with Crippen LogP contribution in [0.15, 0.2) is 30.3 Å². The molecule has 1 aliphatic heterocycles. The second kappa shape index (κ2) is 9.72. The fraction of sp³-hybridized carbons (Fsp3) is 0.476. The number of rotatable bonds is 9. The van der Waals surface area contributed by atoms with E-state index >= 15 is 0 Å². The van der Waals surface area contributed by atoms with E-state index in [-0.39, 0.29) is 25.2 Å². The van der Waals surface area contributed by atoms with Gasteiger partial charge in [0.05, 0.1) is 24.8 Å². The van der Waals surface area contributed by atoms with Gasteiger partial charge >= 0.3 is 0 Å². The van der Waals surface area contributed by atoms with Crippen molar-refractivity contribution in [1.29, 1.82) is 0 Å². The Kier molecular flexibility index (Phi) is 7.27. The predicted octanol–water partition coefficient (Wildman–Crippen LogP) is 2.78. The summed E-state index contributed by atoms with van der Waals surface area (Å²) in [5, 5.41) is 5.83. The number of benzene rings is 1. The number of alkyl halides is 2. The number of hydrogen-bond donors (Lipinski definition) is 3. The summed E-state index contributed by atoms with van der Waals surface area (Å²) in [6.07, 6.45) is 0.630. The lowest BCUT2D eigenvalue weighted by Gasteiger charge is -2.21. The number of ether oxygens (including phenoxy) is 1. The first-order chi connectivity index (χ1) is 14.3. The smallest absolute Gasteiger partial charge is 0.288 e. The molecule has 2 atom stereocenters. The first kappa shape index (κ1) is 22.5. The van der Waals surface area contributed by atoms with E-state index in [2.05, 4.69) is 15.6 Å². The maximum Gasteiger partial charge on any atom is 0.288 e. The van der Waals surface area contributed by atoms with E-state index in [4.69, 9.17) is 10.5 Å². The van der Waals surface area contributed by atoms with Crippen LogP contribution in [0.1, 0.15) is 16.8 Å². The van der Waals surface area contributed by atoms with E-state index in [1.54, 1.807) is 0 Å². The summed E-state index contributed by atoms with van der Waals surface area (Å²) in [7, 11) is 0. The van der Waals surface area contributed by atoms with E-state index in [1.165, 1.54) is 0 Å². The molecule has 0 aliphatic carbocycles. The number of nitrogens with two attached hydrogens (primary N) is 1. The van der Waals surface area contributed by atoms with E-state index in [0.717, 1.165) is 36.0 Å². The van der Waals surface area contributed by atoms with Gasteiger partial charge in [-0.1, -0.05) is 6.07 Å². The van der Waals surface area contributed by atoms with Crippen molar-refractivity contribution in [3.05, 3.63) is 58.8 Å². The van der Waals surface area contributed by atoms with Gasteiger partial charge in [-0.3, -0.25) is 0 Å². The van der Waals surface area contributed by atoms with E-state index in [1.807, 2.05) is 19.1 Å². The number of nitrogen functional groups attached to an aromatic ring is 1. The Bertz CT molecular complexity index is 845. The number of pyridine rings is 1. The molecule has 1 aromatic carbocycles. The largest absolute Gasteiger partial charge is 0.384 e. The van der Waals surface area contributed by atoms with Gasteiger partial charge in [0.1, 0.15) is 5.82 Å². The molecule has 1 fully saturated rings. The molecule has 3 rings (SSSR count). The second-order valence-corrected chi connectivity index (χ2v) is 7.57. The van der Waals surface area contributed by atoms with Gasteiger partial charge in [0.2, 0.25) is 0 Å². The summed E-state index contributed by atoms with van der Waals surface area (Å²) >= 11 is 0. The molecule has 0 unspecified atom stereocenters. The van der Waals surface area contributed by atoms with Crippen molar-refractivity contribution in [3.8, 4) is 0 Å². The molecule has 9 heteroatoms. The number of nitrogens with one attached hydrogen (secondary N) is 2. The van der Waals surface area contributed by atoms with Crippen LogP contribution < -0.4 is 16.4 Å².